The van der Waals surface area contributed by atoms with Crippen LogP contribution in [0.4, 0.5) is 0 Å². The SMILES string of the molecule is Cc1cc(C)c(CNC(=O)c2cc(Br)c3c(c2C)O[C@@](C)(C2CCC(N(C)C)CC2)O3)c(=O)[nH]1. The molecule has 7 nitrogen and oxygen atoms in total. The highest BCUT2D eigenvalue weighted by Gasteiger charge is 2.47. The Balaban J connectivity index is 1.52. The molecule has 1 aliphatic carbocycles. The van der Waals surface area contributed by atoms with Crippen LogP contribution in [-0.4, -0.2) is 41.7 Å². The van der Waals surface area contributed by atoms with Crippen LogP contribution < -0.4 is 20.3 Å². The number of halogens is 1. The number of H-pyrrole nitrogens is 1. The number of benzene rings is 1. The lowest BCUT2D eigenvalue weighted by Crippen LogP contribution is -2.46. The summed E-state index contributed by atoms with van der Waals surface area (Å²) >= 11 is 3.59. The van der Waals surface area contributed by atoms with Gasteiger partial charge in [0.15, 0.2) is 11.5 Å². The molecule has 1 saturated carbocycles. The van der Waals surface area contributed by atoms with E-state index in [1.165, 1.54) is 0 Å². The highest BCUT2D eigenvalue weighted by atomic mass is 79.9. The number of ether oxygens (including phenoxy) is 2. The van der Waals surface area contributed by atoms with Crippen molar-refractivity contribution in [2.24, 2.45) is 5.92 Å². The van der Waals surface area contributed by atoms with E-state index in [4.69, 9.17) is 9.47 Å². The summed E-state index contributed by atoms with van der Waals surface area (Å²) in [7, 11) is 4.27. The summed E-state index contributed by atoms with van der Waals surface area (Å²) in [6.07, 6.45) is 4.28. The minimum atomic E-state index is -0.756. The van der Waals surface area contributed by atoms with Gasteiger partial charge in [-0.15, -0.1) is 0 Å². The Hall–Kier alpha value is -2.32. The predicted octanol–water partition coefficient (Wildman–Crippen LogP) is 4.60. The summed E-state index contributed by atoms with van der Waals surface area (Å²) in [5.74, 6) is 0.520. The van der Waals surface area contributed by atoms with Crippen LogP contribution in [0.1, 0.15) is 65.3 Å². The third kappa shape index (κ3) is 4.62. The van der Waals surface area contributed by atoms with Gasteiger partial charge in [-0.05, 0) is 94.2 Å². The molecular weight excluding hydrogens is 498 g/mol. The van der Waals surface area contributed by atoms with Gasteiger partial charge in [0.1, 0.15) is 0 Å². The average molecular weight is 532 g/mol. The van der Waals surface area contributed by atoms with Crippen molar-refractivity contribution in [2.45, 2.75) is 71.8 Å². The zero-order chi connectivity index (χ0) is 24.8. The molecule has 4 rings (SSSR count). The number of aryl methyl sites for hydroxylation is 2. The van der Waals surface area contributed by atoms with Gasteiger partial charge in [0, 0.05) is 47.8 Å². The zero-order valence-electron chi connectivity index (χ0n) is 20.8. The van der Waals surface area contributed by atoms with Crippen LogP contribution in [0.3, 0.4) is 0 Å². The maximum atomic E-state index is 13.1. The number of aromatic amines is 1. The second kappa shape index (κ2) is 9.38. The van der Waals surface area contributed by atoms with E-state index in [2.05, 4.69) is 45.2 Å². The van der Waals surface area contributed by atoms with E-state index in [1.54, 1.807) is 6.07 Å². The Morgan fingerprint density at radius 1 is 1.15 bits per heavy atom. The van der Waals surface area contributed by atoms with Crippen molar-refractivity contribution in [3.8, 4) is 11.5 Å². The van der Waals surface area contributed by atoms with Gasteiger partial charge in [0.05, 0.1) is 4.47 Å². The lowest BCUT2D eigenvalue weighted by Gasteiger charge is -2.39. The first-order valence-electron chi connectivity index (χ1n) is 11.8. The van der Waals surface area contributed by atoms with Crippen LogP contribution in [0.5, 0.6) is 11.5 Å². The minimum absolute atomic E-state index is 0.151. The van der Waals surface area contributed by atoms with Crippen LogP contribution in [0, 0.1) is 26.7 Å². The number of hydrogen-bond acceptors (Lipinski definition) is 5. The first-order valence-corrected chi connectivity index (χ1v) is 12.6. The van der Waals surface area contributed by atoms with Gasteiger partial charge >= 0.3 is 0 Å². The summed E-state index contributed by atoms with van der Waals surface area (Å²) < 4.78 is 13.5. The zero-order valence-corrected chi connectivity index (χ0v) is 22.4. The Kier molecular flexibility index (Phi) is 6.84. The molecule has 1 atom stereocenters. The Morgan fingerprint density at radius 2 is 1.79 bits per heavy atom. The second-order valence-corrected chi connectivity index (χ2v) is 10.9. The van der Waals surface area contributed by atoms with Crippen LogP contribution in [-0.2, 0) is 6.54 Å². The van der Waals surface area contributed by atoms with E-state index in [9.17, 15) is 9.59 Å². The van der Waals surface area contributed by atoms with Crippen LogP contribution in [0.15, 0.2) is 21.4 Å². The highest BCUT2D eigenvalue weighted by molar-refractivity contribution is 9.10. The van der Waals surface area contributed by atoms with E-state index < -0.39 is 5.79 Å². The summed E-state index contributed by atoms with van der Waals surface area (Å²) in [6, 6.07) is 4.27. The number of rotatable bonds is 5. The number of carbonyl (C=O) groups excluding carboxylic acids is 1. The van der Waals surface area contributed by atoms with E-state index in [0.29, 0.717) is 33.1 Å². The molecule has 0 spiro atoms. The molecule has 2 heterocycles. The Bertz CT molecular complexity index is 1170. The summed E-state index contributed by atoms with van der Waals surface area (Å²) in [5, 5.41) is 2.89. The predicted molar refractivity (Wildman–Crippen MR) is 136 cm³/mol. The van der Waals surface area contributed by atoms with Gasteiger partial charge in [0.2, 0.25) is 0 Å². The lowest BCUT2D eigenvalue weighted by molar-refractivity contribution is -0.123. The van der Waals surface area contributed by atoms with Gasteiger partial charge in [-0.3, -0.25) is 9.59 Å². The standard InChI is InChI=1S/C26H34BrN3O4/c1-14-11-15(2)29-25(32)20(14)13-28-24(31)19-12-21(27)23-22(16(19)3)33-26(4,34-23)17-7-9-18(10-8-17)30(5)6/h11-12,17-18H,7-10,13H2,1-6H3,(H,28,31)(H,29,32)/t17?,18?,26-/m1/s1. The highest BCUT2D eigenvalue weighted by Crippen LogP contribution is 2.51. The van der Waals surface area contributed by atoms with E-state index in [-0.39, 0.29) is 23.9 Å². The third-order valence-corrected chi connectivity index (χ3v) is 7.97. The minimum Gasteiger partial charge on any atom is -0.448 e. The largest absolute Gasteiger partial charge is 0.448 e. The molecular formula is C26H34BrN3O4. The number of aromatic nitrogens is 1. The second-order valence-electron chi connectivity index (χ2n) is 10.0. The van der Waals surface area contributed by atoms with Crippen LogP contribution in [0.2, 0.25) is 0 Å². The monoisotopic (exact) mass is 531 g/mol. The number of amides is 1. The fourth-order valence-electron chi connectivity index (χ4n) is 5.23. The summed E-state index contributed by atoms with van der Waals surface area (Å²) in [5.41, 5.74) is 3.25. The topological polar surface area (TPSA) is 83.7 Å². The molecule has 2 N–H and O–H groups in total. The van der Waals surface area contributed by atoms with Crippen molar-refractivity contribution in [3.05, 3.63) is 54.9 Å². The fraction of sp³-hybridized carbons (Fsp3) is 0.538. The average Bonchev–Trinajstić information content (AvgIpc) is 3.15. The maximum Gasteiger partial charge on any atom is 0.253 e. The fourth-order valence-corrected chi connectivity index (χ4v) is 5.72. The van der Waals surface area contributed by atoms with Gasteiger partial charge < -0.3 is 24.7 Å². The molecule has 0 bridgehead atoms. The molecule has 34 heavy (non-hydrogen) atoms. The van der Waals surface area contributed by atoms with Gasteiger partial charge in [0.25, 0.3) is 17.3 Å². The Labute approximate surface area is 209 Å². The molecule has 2 aromatic rings. The summed E-state index contributed by atoms with van der Waals surface area (Å²) in [4.78, 5) is 30.5. The number of fused-ring (bicyclic) bond motifs is 1. The molecule has 0 unspecified atom stereocenters. The quantitative estimate of drug-likeness (QED) is 0.588. The third-order valence-electron chi connectivity index (χ3n) is 7.38. The maximum absolute atomic E-state index is 13.1. The van der Waals surface area contributed by atoms with Gasteiger partial charge in [-0.25, -0.2) is 0 Å². The molecule has 1 amide bonds. The number of hydrogen-bond donors (Lipinski definition) is 2. The molecule has 8 heteroatoms. The molecule has 1 aliphatic heterocycles. The Morgan fingerprint density at radius 3 is 2.41 bits per heavy atom. The molecule has 1 fully saturated rings. The van der Waals surface area contributed by atoms with Crippen molar-refractivity contribution in [3.63, 3.8) is 0 Å². The lowest BCUT2D eigenvalue weighted by atomic mass is 9.81. The number of carbonyl (C=O) groups is 1. The van der Waals surface area contributed by atoms with Crippen molar-refractivity contribution in [2.75, 3.05) is 14.1 Å². The molecule has 184 valence electrons. The van der Waals surface area contributed by atoms with Crippen molar-refractivity contribution < 1.29 is 14.3 Å². The molecule has 0 radical (unpaired) electrons. The number of nitrogens with zero attached hydrogens (tertiary/aromatic N) is 1. The van der Waals surface area contributed by atoms with Gasteiger partial charge in [-0.1, -0.05) is 0 Å². The number of nitrogens with one attached hydrogen (secondary N) is 2. The first kappa shape index (κ1) is 24.8. The number of pyridine rings is 1. The van der Waals surface area contributed by atoms with Crippen molar-refractivity contribution in [1.82, 2.24) is 15.2 Å². The van der Waals surface area contributed by atoms with E-state index in [0.717, 1.165) is 42.5 Å². The molecule has 2 aliphatic rings. The smallest absolute Gasteiger partial charge is 0.253 e. The van der Waals surface area contributed by atoms with Crippen LogP contribution >= 0.6 is 15.9 Å². The molecule has 1 aromatic carbocycles. The van der Waals surface area contributed by atoms with E-state index >= 15 is 0 Å². The van der Waals surface area contributed by atoms with Crippen molar-refractivity contribution in [1.29, 1.82) is 0 Å². The normalized spacial score (nSPS) is 23.9. The molecule has 0 saturated heterocycles. The van der Waals surface area contributed by atoms with Gasteiger partial charge in [-0.2, -0.15) is 0 Å². The van der Waals surface area contributed by atoms with Crippen LogP contribution in [0.25, 0.3) is 0 Å². The first-order chi connectivity index (χ1) is 16.0. The molecule has 1 aromatic heterocycles. The van der Waals surface area contributed by atoms with E-state index in [1.807, 2.05) is 33.8 Å². The van der Waals surface area contributed by atoms with Crippen molar-refractivity contribution >= 4 is 21.8 Å². The summed E-state index contributed by atoms with van der Waals surface area (Å²) in [6.45, 7) is 7.75.